The summed E-state index contributed by atoms with van der Waals surface area (Å²) in [5.41, 5.74) is 5.31. The number of nitrogens with zero attached hydrogens (tertiary/aromatic N) is 2. The van der Waals surface area contributed by atoms with Crippen LogP contribution in [0.25, 0.3) is 0 Å². The number of rotatable bonds is 5. The van der Waals surface area contributed by atoms with Gasteiger partial charge in [-0.3, -0.25) is 9.59 Å². The molecule has 2 aromatic carbocycles. The lowest BCUT2D eigenvalue weighted by molar-refractivity contribution is 0.0953. The number of pyridine rings is 1. The number of carbonyl (C=O) groups excluding carboxylic acids is 1. The molecule has 3 aromatic rings. The SMILES string of the molecule is CC(C)(C)c1ccc(/C=N\NC(=O)c2cccn(Cc3ccccc3)c2=O)cc1. The quantitative estimate of drug-likeness (QED) is 0.532. The second-order valence-corrected chi connectivity index (χ2v) is 7.91. The standard InChI is InChI=1S/C24H25N3O2/c1-24(2,3)20-13-11-18(12-14-20)16-25-26-22(28)21-10-7-15-27(23(21)29)17-19-8-5-4-6-9-19/h4-16H,17H2,1-3H3,(H,26,28)/b25-16-. The Morgan fingerprint density at radius 1 is 1.00 bits per heavy atom. The number of nitrogens with one attached hydrogen (secondary N) is 1. The normalized spacial score (nSPS) is 11.6. The number of aromatic nitrogens is 1. The van der Waals surface area contributed by atoms with Crippen LogP contribution in [0, 0.1) is 0 Å². The molecule has 0 saturated carbocycles. The molecule has 3 rings (SSSR count). The average Bonchev–Trinajstić information content (AvgIpc) is 2.70. The molecule has 0 radical (unpaired) electrons. The van der Waals surface area contributed by atoms with E-state index in [4.69, 9.17) is 0 Å². The van der Waals surface area contributed by atoms with Gasteiger partial charge in [-0.05, 0) is 34.2 Å². The van der Waals surface area contributed by atoms with Crippen LogP contribution >= 0.6 is 0 Å². The molecule has 0 fully saturated rings. The van der Waals surface area contributed by atoms with E-state index in [1.807, 2.05) is 54.6 Å². The molecule has 0 aliphatic rings. The largest absolute Gasteiger partial charge is 0.310 e. The molecule has 5 nitrogen and oxygen atoms in total. The Kier molecular flexibility index (Phi) is 6.07. The molecule has 0 aliphatic carbocycles. The fraction of sp³-hybridized carbons (Fsp3) is 0.208. The van der Waals surface area contributed by atoms with Gasteiger partial charge in [0, 0.05) is 6.20 Å². The summed E-state index contributed by atoms with van der Waals surface area (Å²) in [4.78, 5) is 25.0. The summed E-state index contributed by atoms with van der Waals surface area (Å²) in [5, 5.41) is 3.99. The molecule has 0 spiro atoms. The van der Waals surface area contributed by atoms with Gasteiger partial charge in [-0.25, -0.2) is 5.43 Å². The minimum atomic E-state index is -0.528. The molecule has 1 N–H and O–H groups in total. The molecule has 1 amide bonds. The first-order valence-corrected chi connectivity index (χ1v) is 9.52. The highest BCUT2D eigenvalue weighted by Gasteiger charge is 2.13. The van der Waals surface area contributed by atoms with Crippen molar-refractivity contribution in [3.63, 3.8) is 0 Å². The molecular weight excluding hydrogens is 362 g/mol. The van der Waals surface area contributed by atoms with Gasteiger partial charge in [-0.2, -0.15) is 5.10 Å². The second kappa shape index (κ2) is 8.69. The lowest BCUT2D eigenvalue weighted by Crippen LogP contribution is -2.30. The van der Waals surface area contributed by atoms with Crippen molar-refractivity contribution in [1.82, 2.24) is 9.99 Å². The number of carbonyl (C=O) groups is 1. The molecule has 148 valence electrons. The van der Waals surface area contributed by atoms with Crippen LogP contribution in [0.15, 0.2) is 82.8 Å². The van der Waals surface area contributed by atoms with Crippen LogP contribution in [-0.4, -0.2) is 16.7 Å². The van der Waals surface area contributed by atoms with Crippen LogP contribution < -0.4 is 11.0 Å². The van der Waals surface area contributed by atoms with Gasteiger partial charge in [0.25, 0.3) is 11.5 Å². The number of hydrazone groups is 1. The Bertz CT molecular complexity index is 1060. The van der Waals surface area contributed by atoms with Crippen molar-refractivity contribution >= 4 is 12.1 Å². The molecule has 1 heterocycles. The zero-order chi connectivity index (χ0) is 20.9. The first-order chi connectivity index (χ1) is 13.8. The number of amides is 1. The molecule has 1 aromatic heterocycles. The second-order valence-electron chi connectivity index (χ2n) is 7.91. The third-order valence-corrected chi connectivity index (χ3v) is 4.62. The molecule has 0 bridgehead atoms. The van der Waals surface area contributed by atoms with E-state index in [-0.39, 0.29) is 16.5 Å². The summed E-state index contributed by atoms with van der Waals surface area (Å²) in [5.74, 6) is -0.528. The Labute approximate surface area is 170 Å². The van der Waals surface area contributed by atoms with Gasteiger partial charge in [0.2, 0.25) is 0 Å². The maximum atomic E-state index is 12.6. The minimum absolute atomic E-state index is 0.0589. The number of hydrogen-bond donors (Lipinski definition) is 1. The van der Waals surface area contributed by atoms with E-state index in [0.717, 1.165) is 11.1 Å². The first-order valence-electron chi connectivity index (χ1n) is 9.52. The van der Waals surface area contributed by atoms with Gasteiger partial charge >= 0.3 is 0 Å². The zero-order valence-electron chi connectivity index (χ0n) is 16.9. The van der Waals surface area contributed by atoms with Crippen LogP contribution in [0.2, 0.25) is 0 Å². The topological polar surface area (TPSA) is 63.5 Å². The Morgan fingerprint density at radius 2 is 1.69 bits per heavy atom. The lowest BCUT2D eigenvalue weighted by Gasteiger charge is -2.18. The molecule has 0 aliphatic heterocycles. The van der Waals surface area contributed by atoms with E-state index in [2.05, 4.69) is 31.3 Å². The Balaban J connectivity index is 1.69. The summed E-state index contributed by atoms with van der Waals surface area (Å²) in [6, 6.07) is 20.8. The minimum Gasteiger partial charge on any atom is -0.310 e. The first kappa shape index (κ1) is 20.3. The Hall–Kier alpha value is -3.47. The summed E-state index contributed by atoms with van der Waals surface area (Å²) >= 11 is 0. The molecule has 5 heteroatoms. The Morgan fingerprint density at radius 3 is 2.34 bits per heavy atom. The van der Waals surface area contributed by atoms with Gasteiger partial charge in [0.05, 0.1) is 12.8 Å². The zero-order valence-corrected chi connectivity index (χ0v) is 16.9. The highest BCUT2D eigenvalue weighted by atomic mass is 16.2. The molecule has 0 atom stereocenters. The fourth-order valence-electron chi connectivity index (χ4n) is 2.91. The predicted octanol–water partition coefficient (Wildman–Crippen LogP) is 3.96. The highest BCUT2D eigenvalue weighted by Crippen LogP contribution is 2.21. The van der Waals surface area contributed by atoms with E-state index < -0.39 is 5.91 Å². The van der Waals surface area contributed by atoms with E-state index >= 15 is 0 Å². The third-order valence-electron chi connectivity index (χ3n) is 4.62. The molecule has 29 heavy (non-hydrogen) atoms. The van der Waals surface area contributed by atoms with Gasteiger partial charge in [0.1, 0.15) is 5.56 Å². The van der Waals surface area contributed by atoms with Crippen LogP contribution in [0.4, 0.5) is 0 Å². The predicted molar refractivity (Wildman–Crippen MR) is 116 cm³/mol. The van der Waals surface area contributed by atoms with Crippen LogP contribution in [0.5, 0.6) is 0 Å². The monoisotopic (exact) mass is 387 g/mol. The van der Waals surface area contributed by atoms with E-state index in [1.165, 1.54) is 16.2 Å². The summed E-state index contributed by atoms with van der Waals surface area (Å²) in [7, 11) is 0. The van der Waals surface area contributed by atoms with Crippen LogP contribution in [0.3, 0.4) is 0 Å². The fourth-order valence-corrected chi connectivity index (χ4v) is 2.91. The van der Waals surface area contributed by atoms with Crippen molar-refractivity contribution < 1.29 is 4.79 Å². The van der Waals surface area contributed by atoms with Gasteiger partial charge < -0.3 is 4.57 Å². The summed E-state index contributed by atoms with van der Waals surface area (Å²) in [6.07, 6.45) is 3.24. The number of benzene rings is 2. The van der Waals surface area contributed by atoms with Gasteiger partial charge in [-0.15, -0.1) is 0 Å². The molecular formula is C24H25N3O2. The summed E-state index contributed by atoms with van der Waals surface area (Å²) < 4.78 is 1.51. The van der Waals surface area contributed by atoms with Crippen molar-refractivity contribution in [2.45, 2.75) is 32.7 Å². The van der Waals surface area contributed by atoms with Crippen molar-refractivity contribution in [1.29, 1.82) is 0 Å². The van der Waals surface area contributed by atoms with E-state index in [1.54, 1.807) is 18.5 Å². The number of hydrogen-bond acceptors (Lipinski definition) is 3. The average molecular weight is 387 g/mol. The highest BCUT2D eigenvalue weighted by molar-refractivity contribution is 5.94. The van der Waals surface area contributed by atoms with Crippen molar-refractivity contribution in [2.75, 3.05) is 0 Å². The summed E-state index contributed by atoms with van der Waals surface area (Å²) in [6.45, 7) is 6.87. The van der Waals surface area contributed by atoms with Crippen LogP contribution in [-0.2, 0) is 12.0 Å². The molecule has 0 saturated heterocycles. The smallest absolute Gasteiger partial charge is 0.276 e. The maximum Gasteiger partial charge on any atom is 0.276 e. The van der Waals surface area contributed by atoms with E-state index in [0.29, 0.717) is 6.54 Å². The van der Waals surface area contributed by atoms with Crippen LogP contribution in [0.1, 0.15) is 47.8 Å². The lowest BCUT2D eigenvalue weighted by atomic mass is 9.87. The van der Waals surface area contributed by atoms with Gasteiger partial charge in [-0.1, -0.05) is 75.4 Å². The van der Waals surface area contributed by atoms with Crippen molar-refractivity contribution in [3.8, 4) is 0 Å². The van der Waals surface area contributed by atoms with Gasteiger partial charge in [0.15, 0.2) is 0 Å². The maximum absolute atomic E-state index is 12.6. The van der Waals surface area contributed by atoms with Crippen molar-refractivity contribution in [3.05, 3.63) is 106 Å². The third kappa shape index (κ3) is 5.29. The van der Waals surface area contributed by atoms with Crippen molar-refractivity contribution in [2.24, 2.45) is 5.10 Å². The molecule has 0 unspecified atom stereocenters. The van der Waals surface area contributed by atoms with E-state index in [9.17, 15) is 9.59 Å².